The molecule has 0 unspecified atom stereocenters. The van der Waals surface area contributed by atoms with Crippen LogP contribution in [0.4, 0.5) is 0 Å². The van der Waals surface area contributed by atoms with Gasteiger partial charge >= 0.3 is 0 Å². The Labute approximate surface area is 109 Å². The molecule has 79 valence electrons. The summed E-state index contributed by atoms with van der Waals surface area (Å²) in [5.74, 6) is -0.495. The fraction of sp³-hybridized carbons (Fsp3) is 0.500. The Hall–Kier alpha value is 0.0539. The first kappa shape index (κ1) is 29.2. The van der Waals surface area contributed by atoms with Crippen LogP contribution in [-0.4, -0.2) is 13.1 Å². The first-order chi connectivity index (χ1) is 4.54. The summed E-state index contributed by atoms with van der Waals surface area (Å²) in [5.41, 5.74) is 1.27. The summed E-state index contributed by atoms with van der Waals surface area (Å²) in [6.07, 6.45) is 1.83. The molecule has 0 saturated carbocycles. The van der Waals surface area contributed by atoms with Gasteiger partial charge in [0.25, 0.3) is 0 Å². The molecule has 2 nitrogen and oxygen atoms in total. The van der Waals surface area contributed by atoms with Crippen molar-refractivity contribution in [2.45, 2.75) is 28.7 Å². The van der Waals surface area contributed by atoms with Gasteiger partial charge in [0.15, 0.2) is 5.97 Å². The van der Waals surface area contributed by atoms with Gasteiger partial charge in [-0.2, -0.15) is 0 Å². The van der Waals surface area contributed by atoms with Crippen LogP contribution in [-0.2, 0) is 42.2 Å². The Morgan fingerprint density at radius 1 is 1.31 bits per heavy atom. The number of rotatable bonds is 0. The van der Waals surface area contributed by atoms with Crippen molar-refractivity contribution in [3.8, 4) is 0 Å². The van der Waals surface area contributed by atoms with Crippen LogP contribution in [0.1, 0.15) is 28.7 Å². The van der Waals surface area contributed by atoms with Crippen LogP contribution in [0.15, 0.2) is 11.6 Å². The number of esters is 1. The van der Waals surface area contributed by atoms with Crippen molar-refractivity contribution in [1.29, 1.82) is 0 Å². The number of methoxy groups -OCH3 is 1. The number of ether oxygens (including phenoxy) is 1. The molecule has 1 radical (unpaired) electrons. The summed E-state index contributed by atoms with van der Waals surface area (Å²) in [4.78, 5) is 9.48. The average Bonchev–Trinajstić information content (AvgIpc) is 1.89. The molecule has 0 aromatic rings. The summed E-state index contributed by atoms with van der Waals surface area (Å²) in [6.45, 7) is 10.5. The molecule has 0 aliphatic rings. The molecule has 0 aliphatic heterocycles. The predicted molar refractivity (Wildman–Crippen MR) is 55.6 cm³/mol. The van der Waals surface area contributed by atoms with Gasteiger partial charge in [-0.15, -0.1) is 13.8 Å². The van der Waals surface area contributed by atoms with E-state index in [4.69, 9.17) is 0 Å². The third-order valence-corrected chi connectivity index (χ3v) is 0.636. The average molecular weight is 263 g/mol. The molecule has 0 aromatic heterocycles. The van der Waals surface area contributed by atoms with Gasteiger partial charge in [-0.25, -0.2) is 18.6 Å². The van der Waals surface area contributed by atoms with Crippen LogP contribution in [0.25, 0.3) is 0 Å². The van der Waals surface area contributed by atoms with Gasteiger partial charge < -0.3 is 4.74 Å². The zero-order valence-corrected chi connectivity index (χ0v) is 10.2. The van der Waals surface area contributed by atoms with Crippen molar-refractivity contribution in [3.63, 3.8) is 0 Å². The van der Waals surface area contributed by atoms with E-state index in [0.29, 0.717) is 0 Å². The first-order valence-corrected chi connectivity index (χ1v) is 2.87. The van der Waals surface area contributed by atoms with Crippen LogP contribution in [0.3, 0.4) is 0 Å². The summed E-state index contributed by atoms with van der Waals surface area (Å²) >= 11 is 0. The van der Waals surface area contributed by atoms with Gasteiger partial charge in [0.05, 0.1) is 7.11 Å². The van der Waals surface area contributed by atoms with Crippen LogP contribution >= 0.6 is 0 Å². The summed E-state index contributed by atoms with van der Waals surface area (Å²) in [6, 6.07) is 0. The van der Waals surface area contributed by atoms with Crippen molar-refractivity contribution in [1.82, 2.24) is 0 Å². The molecule has 13 heavy (non-hydrogen) atoms. The standard InChI is InChI=1S/C5H9.C3H5O2.2CH4.Y/c1-4-5(2)3;1-3(4)5-2;;;/h4H,1H2,2-3H3;1H2,2H3;2*1H4;/q2*-1;;;. The molecule has 0 heterocycles. The summed E-state index contributed by atoms with van der Waals surface area (Å²) in [7, 11) is 1.29. The smallest absolute Gasteiger partial charge is 0.164 e. The predicted octanol–water partition coefficient (Wildman–Crippen LogP) is 3.05. The van der Waals surface area contributed by atoms with E-state index in [-0.39, 0.29) is 47.6 Å². The molecule has 0 fully saturated rings. The van der Waals surface area contributed by atoms with E-state index >= 15 is 0 Å². The molecule has 0 bridgehead atoms. The SMILES string of the molecule is C.C.[CH2-]C(=O)OC.[CH2-]C=C(C)C.[Y]. The molecule has 0 atom stereocenters. The van der Waals surface area contributed by atoms with E-state index in [1.807, 2.05) is 19.9 Å². The molecule has 0 aromatic carbocycles. The number of carbonyl (C=O) groups excluding carboxylic acids is 1. The molecule has 0 aliphatic carbocycles. The fourth-order valence-electron chi connectivity index (χ4n) is 0. The molecule has 0 rings (SSSR count). The second-order valence-corrected chi connectivity index (χ2v) is 1.86. The molecule has 0 N–H and O–H groups in total. The van der Waals surface area contributed by atoms with Crippen LogP contribution in [0.5, 0.6) is 0 Å². The Bertz CT molecular complexity index is 116. The number of allylic oxidation sites excluding steroid dienone is 2. The largest absolute Gasteiger partial charge is 0.492 e. The van der Waals surface area contributed by atoms with Crippen LogP contribution in [0, 0.1) is 13.8 Å². The minimum absolute atomic E-state index is 0. The van der Waals surface area contributed by atoms with Gasteiger partial charge in [-0.05, 0) is 0 Å². The Morgan fingerprint density at radius 2 is 1.46 bits per heavy atom. The normalized spacial score (nSPS) is 5.15. The number of hydrogen-bond acceptors (Lipinski definition) is 2. The maximum absolute atomic E-state index is 9.48. The topological polar surface area (TPSA) is 26.3 Å². The molecule has 0 spiro atoms. The van der Waals surface area contributed by atoms with E-state index in [9.17, 15) is 4.79 Å². The molecule has 3 heteroatoms. The van der Waals surface area contributed by atoms with E-state index in [1.54, 1.807) is 0 Å². The van der Waals surface area contributed by atoms with Gasteiger partial charge in [0, 0.05) is 32.7 Å². The van der Waals surface area contributed by atoms with Crippen LogP contribution < -0.4 is 0 Å². The second kappa shape index (κ2) is 22.7. The minimum atomic E-state index is -0.495. The summed E-state index contributed by atoms with van der Waals surface area (Å²) < 4.78 is 4.00. The maximum Gasteiger partial charge on any atom is 0.164 e. The fourth-order valence-corrected chi connectivity index (χ4v) is 0. The minimum Gasteiger partial charge on any atom is -0.492 e. The van der Waals surface area contributed by atoms with Crippen molar-refractivity contribution in [2.75, 3.05) is 7.11 Å². The zero-order valence-electron chi connectivity index (χ0n) is 7.39. The van der Waals surface area contributed by atoms with Gasteiger partial charge in [-0.1, -0.05) is 14.9 Å². The third-order valence-electron chi connectivity index (χ3n) is 0.636. The molecular weight excluding hydrogens is 241 g/mol. The Morgan fingerprint density at radius 3 is 1.46 bits per heavy atom. The Balaban J connectivity index is -0.0000000267. The molecule has 0 amide bonds. The van der Waals surface area contributed by atoms with E-state index < -0.39 is 5.97 Å². The number of hydrogen-bond donors (Lipinski definition) is 0. The van der Waals surface area contributed by atoms with Gasteiger partial charge in [-0.3, -0.25) is 11.7 Å². The second-order valence-electron chi connectivity index (χ2n) is 1.86. The van der Waals surface area contributed by atoms with Crippen molar-refractivity contribution >= 4 is 5.97 Å². The van der Waals surface area contributed by atoms with E-state index in [1.165, 1.54) is 12.7 Å². The van der Waals surface area contributed by atoms with Crippen LogP contribution in [0.2, 0.25) is 0 Å². The molecule has 0 saturated heterocycles. The number of carbonyl (C=O) groups is 1. The Kier molecular flexibility index (Phi) is 51.1. The maximum atomic E-state index is 9.48. The van der Waals surface area contributed by atoms with E-state index in [2.05, 4.69) is 18.6 Å². The van der Waals surface area contributed by atoms with Gasteiger partial charge in [0.1, 0.15) is 0 Å². The molecular formula is C10H22O2Y-2. The monoisotopic (exact) mass is 263 g/mol. The van der Waals surface area contributed by atoms with Crippen molar-refractivity contribution < 1.29 is 42.2 Å². The van der Waals surface area contributed by atoms with Gasteiger partial charge in [0.2, 0.25) is 0 Å². The van der Waals surface area contributed by atoms with Crippen molar-refractivity contribution in [3.05, 3.63) is 25.5 Å². The zero-order chi connectivity index (χ0) is 8.57. The first-order valence-electron chi connectivity index (χ1n) is 2.87. The summed E-state index contributed by atoms with van der Waals surface area (Å²) in [5, 5.41) is 0. The quantitative estimate of drug-likeness (QED) is 0.496. The van der Waals surface area contributed by atoms with E-state index in [0.717, 1.165) is 0 Å². The third kappa shape index (κ3) is 74.1. The van der Waals surface area contributed by atoms with Crippen molar-refractivity contribution in [2.24, 2.45) is 0 Å².